The number of carbonyl (C=O) groups excluding carboxylic acids is 2. The van der Waals surface area contributed by atoms with Gasteiger partial charge >= 0.3 is 0 Å². The molecule has 0 saturated heterocycles. The van der Waals surface area contributed by atoms with Crippen LogP contribution in [0.2, 0.25) is 0 Å². The average Bonchev–Trinajstić information content (AvgIpc) is 2.94. The lowest BCUT2D eigenvalue weighted by molar-refractivity contribution is -0.117. The fourth-order valence-corrected chi connectivity index (χ4v) is 3.05. The third-order valence-electron chi connectivity index (χ3n) is 4.48. The molecule has 1 aliphatic heterocycles. The lowest BCUT2D eigenvalue weighted by Crippen LogP contribution is -2.25. The molecular formula is C20H22N2O2. The van der Waals surface area contributed by atoms with Gasteiger partial charge in [-0.3, -0.25) is 9.59 Å². The Kier molecular flexibility index (Phi) is 4.65. The van der Waals surface area contributed by atoms with Gasteiger partial charge in [-0.2, -0.15) is 0 Å². The molecule has 2 amide bonds. The zero-order valence-electron chi connectivity index (χ0n) is 14.1. The second-order valence-electron chi connectivity index (χ2n) is 6.01. The highest BCUT2D eigenvalue weighted by atomic mass is 16.2. The van der Waals surface area contributed by atoms with Crippen molar-refractivity contribution in [2.45, 2.75) is 33.2 Å². The highest BCUT2D eigenvalue weighted by molar-refractivity contribution is 6.03. The first-order valence-electron chi connectivity index (χ1n) is 8.41. The minimum Gasteiger partial charge on any atom is -0.348 e. The molecule has 1 aliphatic rings. The van der Waals surface area contributed by atoms with Gasteiger partial charge in [-0.1, -0.05) is 31.2 Å². The van der Waals surface area contributed by atoms with Gasteiger partial charge in [-0.15, -0.1) is 0 Å². The van der Waals surface area contributed by atoms with Gasteiger partial charge in [0.2, 0.25) is 5.91 Å². The summed E-state index contributed by atoms with van der Waals surface area (Å²) < 4.78 is 0. The molecule has 4 heteroatoms. The van der Waals surface area contributed by atoms with Crippen LogP contribution in [0.15, 0.2) is 42.5 Å². The molecule has 2 aromatic carbocycles. The maximum atomic E-state index is 12.4. The van der Waals surface area contributed by atoms with Crippen molar-refractivity contribution in [3.63, 3.8) is 0 Å². The van der Waals surface area contributed by atoms with E-state index < -0.39 is 0 Å². The number of fused-ring (bicyclic) bond motifs is 1. The average molecular weight is 322 g/mol. The number of hydrogen-bond donors (Lipinski definition) is 1. The van der Waals surface area contributed by atoms with Crippen LogP contribution in [0.4, 0.5) is 5.69 Å². The first kappa shape index (κ1) is 16.2. The van der Waals surface area contributed by atoms with E-state index >= 15 is 0 Å². The molecule has 24 heavy (non-hydrogen) atoms. The molecule has 1 N–H and O–H groups in total. The lowest BCUT2D eigenvalue weighted by Gasteiger charge is -2.14. The molecule has 0 atom stereocenters. The third kappa shape index (κ3) is 3.18. The summed E-state index contributed by atoms with van der Waals surface area (Å²) in [5, 5.41) is 2.94. The molecule has 2 aromatic rings. The highest BCUT2D eigenvalue weighted by Crippen LogP contribution is 2.29. The number of nitrogens with one attached hydrogen (secondary N) is 1. The Labute approximate surface area is 142 Å². The van der Waals surface area contributed by atoms with Gasteiger partial charge in [-0.25, -0.2) is 0 Å². The first-order chi connectivity index (χ1) is 11.6. The summed E-state index contributed by atoms with van der Waals surface area (Å²) in [6.45, 7) is 5.23. The molecule has 124 valence electrons. The maximum absolute atomic E-state index is 12.4. The van der Waals surface area contributed by atoms with Crippen LogP contribution in [0.5, 0.6) is 0 Å². The molecule has 0 unspecified atom stereocenters. The zero-order valence-corrected chi connectivity index (χ0v) is 14.1. The molecule has 0 aliphatic carbocycles. The standard InChI is InChI=1S/C20H22N2O2/c1-3-14-5-7-15(8-6-14)13-21-20(24)16-9-10-18-17(11-16)12-19(23)22(18)4-2/h5-11H,3-4,12-13H2,1-2H3,(H,21,24). The van der Waals surface area contributed by atoms with Crippen LogP contribution < -0.4 is 10.2 Å². The van der Waals surface area contributed by atoms with E-state index in [1.54, 1.807) is 11.0 Å². The van der Waals surface area contributed by atoms with E-state index in [0.717, 1.165) is 23.2 Å². The van der Waals surface area contributed by atoms with Crippen molar-refractivity contribution in [1.82, 2.24) is 5.32 Å². The molecule has 3 rings (SSSR count). The van der Waals surface area contributed by atoms with E-state index in [0.29, 0.717) is 25.1 Å². The molecule has 0 saturated carbocycles. The van der Waals surface area contributed by atoms with Gasteiger partial charge in [0.1, 0.15) is 0 Å². The fraction of sp³-hybridized carbons (Fsp3) is 0.300. The predicted molar refractivity (Wildman–Crippen MR) is 95.2 cm³/mol. The Bertz CT molecular complexity index is 766. The SMILES string of the molecule is CCc1ccc(CNC(=O)c2ccc3c(c2)CC(=O)N3CC)cc1. The van der Waals surface area contributed by atoms with E-state index in [1.807, 2.05) is 31.2 Å². The second kappa shape index (κ2) is 6.87. The van der Waals surface area contributed by atoms with Gasteiger partial charge in [0, 0.05) is 24.3 Å². The molecular weight excluding hydrogens is 300 g/mol. The van der Waals surface area contributed by atoms with Crippen molar-refractivity contribution in [1.29, 1.82) is 0 Å². The van der Waals surface area contributed by atoms with Gasteiger partial charge in [0.05, 0.1) is 6.42 Å². The van der Waals surface area contributed by atoms with Crippen LogP contribution in [-0.4, -0.2) is 18.4 Å². The van der Waals surface area contributed by atoms with Gasteiger partial charge in [0.25, 0.3) is 5.91 Å². The number of anilines is 1. The van der Waals surface area contributed by atoms with Crippen LogP contribution in [0.1, 0.15) is 40.9 Å². The summed E-state index contributed by atoms with van der Waals surface area (Å²) in [7, 11) is 0. The Morgan fingerprint density at radius 1 is 1.08 bits per heavy atom. The monoisotopic (exact) mass is 322 g/mol. The predicted octanol–water partition coefficient (Wildman–Crippen LogP) is 3.09. The third-order valence-corrected chi connectivity index (χ3v) is 4.48. The number of amides is 2. The van der Waals surface area contributed by atoms with Crippen molar-refractivity contribution in [3.8, 4) is 0 Å². The van der Waals surface area contributed by atoms with Crippen LogP contribution >= 0.6 is 0 Å². The van der Waals surface area contributed by atoms with Crippen molar-refractivity contribution in [3.05, 3.63) is 64.7 Å². The molecule has 0 bridgehead atoms. The summed E-state index contributed by atoms with van der Waals surface area (Å²) in [4.78, 5) is 26.1. The van der Waals surface area contributed by atoms with E-state index in [4.69, 9.17) is 0 Å². The molecule has 4 nitrogen and oxygen atoms in total. The van der Waals surface area contributed by atoms with E-state index in [-0.39, 0.29) is 11.8 Å². The normalized spacial score (nSPS) is 13.1. The number of nitrogens with zero attached hydrogens (tertiary/aromatic N) is 1. The van der Waals surface area contributed by atoms with Crippen molar-refractivity contribution in [2.75, 3.05) is 11.4 Å². The number of hydrogen-bond acceptors (Lipinski definition) is 2. The lowest BCUT2D eigenvalue weighted by atomic mass is 10.1. The van der Waals surface area contributed by atoms with Crippen molar-refractivity contribution in [2.24, 2.45) is 0 Å². The van der Waals surface area contributed by atoms with Crippen LogP contribution in [0.25, 0.3) is 0 Å². The Morgan fingerprint density at radius 3 is 2.46 bits per heavy atom. The molecule has 0 aromatic heterocycles. The topological polar surface area (TPSA) is 49.4 Å². The summed E-state index contributed by atoms with van der Waals surface area (Å²) in [5.74, 6) is -0.0131. The van der Waals surface area contributed by atoms with Crippen LogP contribution in [-0.2, 0) is 24.2 Å². The van der Waals surface area contributed by atoms with Crippen molar-refractivity contribution < 1.29 is 9.59 Å². The Hall–Kier alpha value is -2.62. The summed E-state index contributed by atoms with van der Waals surface area (Å²) in [6, 6.07) is 13.7. The summed E-state index contributed by atoms with van der Waals surface area (Å²) >= 11 is 0. The summed E-state index contributed by atoms with van der Waals surface area (Å²) in [6.07, 6.45) is 1.39. The minimum atomic E-state index is -0.111. The van der Waals surface area contributed by atoms with E-state index in [2.05, 4.69) is 24.4 Å². The zero-order chi connectivity index (χ0) is 17.1. The molecule has 0 spiro atoms. The molecule has 0 fully saturated rings. The van der Waals surface area contributed by atoms with E-state index in [9.17, 15) is 9.59 Å². The fourth-order valence-electron chi connectivity index (χ4n) is 3.05. The quantitative estimate of drug-likeness (QED) is 0.919. The number of likely N-dealkylation sites (N-methyl/N-ethyl adjacent to an activating group) is 1. The number of aryl methyl sites for hydroxylation is 1. The maximum Gasteiger partial charge on any atom is 0.251 e. The molecule has 0 radical (unpaired) electrons. The number of carbonyl (C=O) groups is 2. The smallest absolute Gasteiger partial charge is 0.251 e. The van der Waals surface area contributed by atoms with Gasteiger partial charge < -0.3 is 10.2 Å². The van der Waals surface area contributed by atoms with Crippen molar-refractivity contribution >= 4 is 17.5 Å². The van der Waals surface area contributed by atoms with Crippen LogP contribution in [0, 0.1) is 0 Å². The minimum absolute atomic E-state index is 0.0982. The second-order valence-corrected chi connectivity index (χ2v) is 6.01. The number of benzene rings is 2. The Balaban J connectivity index is 1.67. The molecule has 1 heterocycles. The largest absolute Gasteiger partial charge is 0.348 e. The first-order valence-corrected chi connectivity index (χ1v) is 8.41. The highest BCUT2D eigenvalue weighted by Gasteiger charge is 2.26. The van der Waals surface area contributed by atoms with E-state index in [1.165, 1.54) is 5.56 Å². The van der Waals surface area contributed by atoms with Crippen LogP contribution in [0.3, 0.4) is 0 Å². The summed E-state index contributed by atoms with van der Waals surface area (Å²) in [5.41, 5.74) is 4.82. The van der Waals surface area contributed by atoms with Gasteiger partial charge in [0.15, 0.2) is 0 Å². The Morgan fingerprint density at radius 2 is 1.79 bits per heavy atom. The van der Waals surface area contributed by atoms with Gasteiger partial charge in [-0.05, 0) is 48.2 Å². The number of rotatable bonds is 5.